The van der Waals surface area contributed by atoms with Crippen molar-refractivity contribution in [1.29, 1.82) is 0 Å². The van der Waals surface area contributed by atoms with Crippen LogP contribution in [0.25, 0.3) is 0 Å². The first-order valence-corrected chi connectivity index (χ1v) is 10.0. The fourth-order valence-corrected chi connectivity index (χ4v) is 1.84. The van der Waals surface area contributed by atoms with Gasteiger partial charge in [0.15, 0.2) is 0 Å². The smallest absolute Gasteiger partial charge is 0.122 e. The van der Waals surface area contributed by atoms with Gasteiger partial charge in [0.05, 0.1) is 6.21 Å². The molecule has 0 fully saturated rings. The molecule has 156 valence electrons. The highest BCUT2D eigenvalue weighted by Crippen LogP contribution is 1.88. The van der Waals surface area contributed by atoms with E-state index in [-0.39, 0.29) is 0 Å². The summed E-state index contributed by atoms with van der Waals surface area (Å²) >= 11 is 0. The van der Waals surface area contributed by atoms with Gasteiger partial charge in [0.1, 0.15) is 6.26 Å². The van der Waals surface area contributed by atoms with Gasteiger partial charge in [0.2, 0.25) is 0 Å². The molecule has 0 atom stereocenters. The van der Waals surface area contributed by atoms with Gasteiger partial charge in [-0.1, -0.05) is 157 Å². The molecule has 0 aromatic carbocycles. The molecule has 2 heteroatoms. The zero-order valence-electron chi connectivity index (χ0n) is 17.6. The molecule has 1 aliphatic rings. The van der Waals surface area contributed by atoms with E-state index in [4.69, 9.17) is 4.84 Å². The van der Waals surface area contributed by atoms with Crippen LogP contribution < -0.4 is 0 Å². The second kappa shape index (κ2) is 22.1. The van der Waals surface area contributed by atoms with Crippen LogP contribution in [0.3, 0.4) is 0 Å². The highest BCUT2D eigenvalue weighted by atomic mass is 16.6. The first kappa shape index (κ1) is 24.9. The summed E-state index contributed by atoms with van der Waals surface area (Å²) < 4.78 is 0. The van der Waals surface area contributed by atoms with Crippen LogP contribution in [0.5, 0.6) is 0 Å². The van der Waals surface area contributed by atoms with Gasteiger partial charge in [0.25, 0.3) is 0 Å². The highest BCUT2D eigenvalue weighted by molar-refractivity contribution is 5.70. The second-order valence-electron chi connectivity index (χ2n) is 5.69. The molecule has 0 saturated carbocycles. The molecular formula is C29H29NO. The highest BCUT2D eigenvalue weighted by Gasteiger charge is 1.69. The van der Waals surface area contributed by atoms with Crippen molar-refractivity contribution in [2.24, 2.45) is 5.16 Å². The topological polar surface area (TPSA) is 21.6 Å². The fraction of sp³-hybridized carbons (Fsp3) is 0. The van der Waals surface area contributed by atoms with Gasteiger partial charge < -0.3 is 4.84 Å². The Morgan fingerprint density at radius 2 is 0.484 bits per heavy atom. The minimum Gasteiger partial charge on any atom is -0.365 e. The SMILES string of the molecule is C1=CC=C\C=C/C=C\C=C/C=C/C=C\C=C\C=C/C=CC=C/C=C\C=C\ON=CC=C1. The van der Waals surface area contributed by atoms with Crippen LogP contribution in [0, 0.1) is 0 Å². The molecule has 0 aromatic heterocycles. The maximum atomic E-state index is 5.00. The molecule has 0 aromatic rings. The summed E-state index contributed by atoms with van der Waals surface area (Å²) in [4.78, 5) is 5.00. The Bertz CT molecular complexity index is 828. The van der Waals surface area contributed by atoms with Crippen molar-refractivity contribution < 1.29 is 4.84 Å². The molecule has 0 N–H and O–H groups in total. The summed E-state index contributed by atoms with van der Waals surface area (Å²) in [5.74, 6) is 0. The van der Waals surface area contributed by atoms with Gasteiger partial charge in [-0.2, -0.15) is 0 Å². The average Bonchev–Trinajstić information content (AvgIpc) is 2.78. The average molecular weight is 408 g/mol. The molecule has 0 spiro atoms. The summed E-state index contributed by atoms with van der Waals surface area (Å²) in [7, 11) is 0. The largest absolute Gasteiger partial charge is 0.365 e. The monoisotopic (exact) mass is 407 g/mol. The van der Waals surface area contributed by atoms with Crippen molar-refractivity contribution in [2.75, 3.05) is 0 Å². The number of allylic oxidation sites excluding steroid dienone is 27. The zero-order chi connectivity index (χ0) is 21.9. The van der Waals surface area contributed by atoms with Gasteiger partial charge in [-0.3, -0.25) is 0 Å². The van der Waals surface area contributed by atoms with E-state index in [1.807, 2.05) is 152 Å². The second-order valence-corrected chi connectivity index (χ2v) is 5.69. The quantitative estimate of drug-likeness (QED) is 0.402. The summed E-state index contributed by atoms with van der Waals surface area (Å²) in [6, 6.07) is 0. The van der Waals surface area contributed by atoms with Crippen molar-refractivity contribution in [1.82, 2.24) is 0 Å². The number of oxime groups is 1. The minimum absolute atomic E-state index is 1.51. The van der Waals surface area contributed by atoms with E-state index in [1.54, 1.807) is 18.4 Å². The minimum atomic E-state index is 1.51. The Kier molecular flexibility index (Phi) is 17.7. The summed E-state index contributed by atoms with van der Waals surface area (Å²) in [5, 5.41) is 3.79. The maximum absolute atomic E-state index is 5.00. The van der Waals surface area contributed by atoms with Gasteiger partial charge in [0, 0.05) is 0 Å². The van der Waals surface area contributed by atoms with Crippen molar-refractivity contribution in [2.45, 2.75) is 0 Å². The molecular weight excluding hydrogens is 378 g/mol. The third-order valence-corrected chi connectivity index (χ3v) is 3.24. The number of rotatable bonds is 0. The van der Waals surface area contributed by atoms with Crippen molar-refractivity contribution in [3.05, 3.63) is 170 Å². The molecule has 1 rings (SSSR count). The Morgan fingerprint density at radius 3 is 0.774 bits per heavy atom. The van der Waals surface area contributed by atoms with E-state index >= 15 is 0 Å². The third-order valence-electron chi connectivity index (χ3n) is 3.24. The molecule has 2 nitrogen and oxygen atoms in total. The molecule has 0 unspecified atom stereocenters. The first-order chi connectivity index (χ1) is 15.5. The van der Waals surface area contributed by atoms with Crippen LogP contribution in [0.15, 0.2) is 175 Å². The molecule has 0 bridgehead atoms. The Balaban J connectivity index is 2.64. The van der Waals surface area contributed by atoms with Crippen molar-refractivity contribution in [3.8, 4) is 0 Å². The van der Waals surface area contributed by atoms with Gasteiger partial charge in [-0.05, 0) is 12.2 Å². The molecule has 1 aliphatic heterocycles. The van der Waals surface area contributed by atoms with Crippen LogP contribution in [0.1, 0.15) is 0 Å². The first-order valence-electron chi connectivity index (χ1n) is 10.0. The normalized spacial score (nSPS) is 25.3. The van der Waals surface area contributed by atoms with Gasteiger partial charge in [-0.25, -0.2) is 0 Å². The summed E-state index contributed by atoms with van der Waals surface area (Å²) in [6.07, 6.45) is 55.7. The molecule has 0 saturated heterocycles. The summed E-state index contributed by atoms with van der Waals surface area (Å²) in [6.45, 7) is 0. The predicted molar refractivity (Wildman–Crippen MR) is 138 cm³/mol. The van der Waals surface area contributed by atoms with Crippen LogP contribution >= 0.6 is 0 Å². The summed E-state index contributed by atoms with van der Waals surface area (Å²) in [5.41, 5.74) is 0. The lowest BCUT2D eigenvalue weighted by molar-refractivity contribution is 0.271. The van der Waals surface area contributed by atoms with Crippen LogP contribution in [-0.2, 0) is 4.84 Å². The number of nitrogens with zero attached hydrogens (tertiary/aromatic N) is 1. The van der Waals surface area contributed by atoms with E-state index < -0.39 is 0 Å². The van der Waals surface area contributed by atoms with E-state index in [9.17, 15) is 0 Å². The van der Waals surface area contributed by atoms with E-state index in [2.05, 4.69) is 5.16 Å². The van der Waals surface area contributed by atoms with Crippen LogP contribution in [0.4, 0.5) is 0 Å². The fourth-order valence-electron chi connectivity index (χ4n) is 1.84. The molecule has 0 aliphatic carbocycles. The molecule has 0 radical (unpaired) electrons. The standard InChI is InChI=1S/C29H29NO/c1-2-4-6-8-10-12-14-16-18-20-22-24-26-28-30-31-29-27-25-23-21-19-17-15-13-11-9-7-5-3-1/h1-29H/b2-1+,5-3-,6-4-,9-7+,10-8-,13-11-,14-12-,17-15?,18-16?,21-19?,22-20?,25-23-,26-24?,29-27+,30-28?. The number of hydrogen-bond donors (Lipinski definition) is 0. The zero-order valence-corrected chi connectivity index (χ0v) is 17.6. The van der Waals surface area contributed by atoms with E-state index in [1.165, 1.54) is 6.26 Å². The lowest BCUT2D eigenvalue weighted by Crippen LogP contribution is -1.68. The Labute approximate surface area is 186 Å². The predicted octanol–water partition coefficient (Wildman–Crippen LogP) is 7.75. The third kappa shape index (κ3) is 20.4. The van der Waals surface area contributed by atoms with E-state index in [0.29, 0.717) is 0 Å². The van der Waals surface area contributed by atoms with Crippen molar-refractivity contribution >= 4 is 6.21 Å². The van der Waals surface area contributed by atoms with Crippen LogP contribution in [-0.4, -0.2) is 6.21 Å². The maximum Gasteiger partial charge on any atom is 0.122 e. The molecule has 1 heterocycles. The molecule has 0 amide bonds. The lowest BCUT2D eigenvalue weighted by Gasteiger charge is -1.83. The van der Waals surface area contributed by atoms with Crippen molar-refractivity contribution in [3.63, 3.8) is 0 Å². The van der Waals surface area contributed by atoms with E-state index in [0.717, 1.165) is 0 Å². The molecule has 31 heavy (non-hydrogen) atoms. The van der Waals surface area contributed by atoms with Crippen LogP contribution in [0.2, 0.25) is 0 Å². The lowest BCUT2D eigenvalue weighted by atomic mass is 10.3. The Morgan fingerprint density at radius 1 is 0.258 bits per heavy atom. The van der Waals surface area contributed by atoms with Gasteiger partial charge in [-0.15, -0.1) is 0 Å². The van der Waals surface area contributed by atoms with Gasteiger partial charge >= 0.3 is 0 Å². The number of hydrogen-bond acceptors (Lipinski definition) is 2. The Hall–Kier alpha value is -4.17.